The van der Waals surface area contributed by atoms with Crippen LogP contribution in [0.25, 0.3) is 0 Å². The van der Waals surface area contributed by atoms with Gasteiger partial charge in [0, 0.05) is 13.1 Å². The lowest BCUT2D eigenvalue weighted by molar-refractivity contribution is -0.384. The summed E-state index contributed by atoms with van der Waals surface area (Å²) < 4.78 is 22.9. The number of hydrogen-bond donors (Lipinski definition) is 1. The Morgan fingerprint density at radius 1 is 1.48 bits per heavy atom. The van der Waals surface area contributed by atoms with E-state index in [4.69, 9.17) is 5.73 Å². The van der Waals surface area contributed by atoms with Gasteiger partial charge in [0.15, 0.2) is 9.84 Å². The van der Waals surface area contributed by atoms with Crippen LogP contribution < -0.4 is 5.73 Å². The summed E-state index contributed by atoms with van der Waals surface area (Å²) in [5.74, 6) is -0.698. The summed E-state index contributed by atoms with van der Waals surface area (Å²) in [7, 11) is -1.70. The second-order valence-corrected chi connectivity index (χ2v) is 7.20. The molecule has 1 heterocycles. The Morgan fingerprint density at radius 2 is 2.14 bits per heavy atom. The van der Waals surface area contributed by atoms with Crippen LogP contribution in [0.4, 0.5) is 11.4 Å². The van der Waals surface area contributed by atoms with Crippen LogP contribution >= 0.6 is 0 Å². The molecule has 1 unspecified atom stereocenters. The van der Waals surface area contributed by atoms with Crippen molar-refractivity contribution in [2.45, 2.75) is 12.5 Å². The Hall–Kier alpha value is -2.16. The molecule has 0 radical (unpaired) electrons. The van der Waals surface area contributed by atoms with Gasteiger partial charge >= 0.3 is 5.69 Å². The van der Waals surface area contributed by atoms with E-state index in [9.17, 15) is 23.3 Å². The number of nitro benzene ring substituents is 1. The van der Waals surface area contributed by atoms with E-state index in [0.717, 1.165) is 0 Å². The van der Waals surface area contributed by atoms with Gasteiger partial charge in [0.1, 0.15) is 11.3 Å². The van der Waals surface area contributed by atoms with Crippen molar-refractivity contribution < 1.29 is 18.1 Å². The van der Waals surface area contributed by atoms with Gasteiger partial charge in [-0.15, -0.1) is 0 Å². The highest BCUT2D eigenvalue weighted by molar-refractivity contribution is 7.91. The summed E-state index contributed by atoms with van der Waals surface area (Å²) in [6.45, 7) is 0. The second kappa shape index (κ2) is 5.32. The molecule has 1 aliphatic heterocycles. The third kappa shape index (κ3) is 2.97. The SMILES string of the molecule is CN(C(=O)c1cccc(N)c1[N+](=O)[O-])C1CCS(=O)(=O)C1. The fourth-order valence-corrected chi connectivity index (χ4v) is 4.15. The maximum atomic E-state index is 12.4. The van der Waals surface area contributed by atoms with Crippen molar-refractivity contribution in [1.29, 1.82) is 0 Å². The number of nitrogens with zero attached hydrogens (tertiary/aromatic N) is 2. The monoisotopic (exact) mass is 313 g/mol. The van der Waals surface area contributed by atoms with E-state index in [1.807, 2.05) is 0 Å². The number of hydrogen-bond acceptors (Lipinski definition) is 6. The zero-order valence-electron chi connectivity index (χ0n) is 11.4. The molecule has 0 saturated carbocycles. The summed E-state index contributed by atoms with van der Waals surface area (Å²) in [5, 5.41) is 11.1. The van der Waals surface area contributed by atoms with E-state index in [0.29, 0.717) is 6.42 Å². The Labute approximate surface area is 121 Å². The topological polar surface area (TPSA) is 124 Å². The Balaban J connectivity index is 2.33. The van der Waals surface area contributed by atoms with E-state index >= 15 is 0 Å². The molecule has 1 aromatic carbocycles. The summed E-state index contributed by atoms with van der Waals surface area (Å²) in [5.41, 5.74) is 4.87. The summed E-state index contributed by atoms with van der Waals surface area (Å²) >= 11 is 0. The Bertz CT molecular complexity index is 701. The van der Waals surface area contributed by atoms with Gasteiger partial charge in [-0.25, -0.2) is 8.42 Å². The van der Waals surface area contributed by atoms with Gasteiger partial charge in [0.25, 0.3) is 5.91 Å². The normalized spacial score (nSPS) is 20.1. The number of rotatable bonds is 3. The molecular weight excluding hydrogens is 298 g/mol. The fraction of sp³-hybridized carbons (Fsp3) is 0.417. The van der Waals surface area contributed by atoms with Crippen molar-refractivity contribution in [1.82, 2.24) is 4.90 Å². The molecule has 8 nitrogen and oxygen atoms in total. The van der Waals surface area contributed by atoms with Gasteiger partial charge in [-0.3, -0.25) is 14.9 Å². The highest BCUT2D eigenvalue weighted by Crippen LogP contribution is 2.28. The lowest BCUT2D eigenvalue weighted by Crippen LogP contribution is -2.38. The maximum Gasteiger partial charge on any atom is 0.304 e. The zero-order chi connectivity index (χ0) is 15.8. The van der Waals surface area contributed by atoms with Crippen LogP contribution in [0.15, 0.2) is 18.2 Å². The van der Waals surface area contributed by atoms with Crippen LogP contribution in [-0.2, 0) is 9.84 Å². The number of amides is 1. The molecule has 0 bridgehead atoms. The first-order valence-electron chi connectivity index (χ1n) is 6.23. The standard InChI is InChI=1S/C12H15N3O5S/c1-14(8-5-6-21(19,20)7-8)12(16)9-3-2-4-10(13)11(9)15(17)18/h2-4,8H,5-7,13H2,1H3. The van der Waals surface area contributed by atoms with Crippen LogP contribution in [-0.4, -0.2) is 48.7 Å². The van der Waals surface area contributed by atoms with Crippen LogP contribution in [0.2, 0.25) is 0 Å². The van der Waals surface area contributed by atoms with E-state index in [2.05, 4.69) is 0 Å². The minimum Gasteiger partial charge on any atom is -0.393 e. The second-order valence-electron chi connectivity index (χ2n) is 4.97. The van der Waals surface area contributed by atoms with Gasteiger partial charge < -0.3 is 10.6 Å². The number of nitrogens with two attached hydrogens (primary N) is 1. The van der Waals surface area contributed by atoms with Crippen molar-refractivity contribution in [2.75, 3.05) is 24.3 Å². The third-order valence-corrected chi connectivity index (χ3v) is 5.31. The largest absolute Gasteiger partial charge is 0.393 e. The minimum absolute atomic E-state index is 0.0221. The highest BCUT2D eigenvalue weighted by Gasteiger charge is 2.35. The molecule has 21 heavy (non-hydrogen) atoms. The molecule has 2 N–H and O–H groups in total. The summed E-state index contributed by atoms with van der Waals surface area (Å²) in [6.07, 6.45) is 0.334. The molecule has 1 aromatic rings. The van der Waals surface area contributed by atoms with Gasteiger partial charge in [-0.2, -0.15) is 0 Å². The molecule has 1 aliphatic rings. The number of nitro groups is 1. The Kier molecular flexibility index (Phi) is 3.86. The van der Waals surface area contributed by atoms with Crippen LogP contribution in [0.3, 0.4) is 0 Å². The number of anilines is 1. The summed E-state index contributed by atoms with van der Waals surface area (Å²) in [6, 6.07) is 3.64. The average molecular weight is 313 g/mol. The number of para-hydroxylation sites is 1. The van der Waals surface area contributed by atoms with Crippen molar-refractivity contribution >= 4 is 27.1 Å². The number of nitrogen functional groups attached to an aromatic ring is 1. The molecule has 9 heteroatoms. The number of carbonyl (C=O) groups is 1. The predicted octanol–water partition coefficient (Wildman–Crippen LogP) is 0.436. The van der Waals surface area contributed by atoms with Crippen molar-refractivity contribution in [3.8, 4) is 0 Å². The lowest BCUT2D eigenvalue weighted by Gasteiger charge is -2.23. The molecule has 0 aromatic heterocycles. The van der Waals surface area contributed by atoms with Gasteiger partial charge in [-0.1, -0.05) is 6.07 Å². The van der Waals surface area contributed by atoms with Crippen molar-refractivity contribution in [3.63, 3.8) is 0 Å². The first-order chi connectivity index (χ1) is 9.73. The molecule has 0 aliphatic carbocycles. The minimum atomic E-state index is -3.14. The van der Waals surface area contributed by atoms with Crippen LogP contribution in [0, 0.1) is 10.1 Å². The lowest BCUT2D eigenvalue weighted by atomic mass is 10.1. The van der Waals surface area contributed by atoms with Crippen molar-refractivity contribution in [3.05, 3.63) is 33.9 Å². The van der Waals surface area contributed by atoms with E-state index in [-0.39, 0.29) is 22.8 Å². The zero-order valence-corrected chi connectivity index (χ0v) is 12.2. The average Bonchev–Trinajstić information content (AvgIpc) is 2.76. The molecule has 1 fully saturated rings. The van der Waals surface area contributed by atoms with E-state index in [1.165, 1.54) is 30.1 Å². The van der Waals surface area contributed by atoms with Crippen LogP contribution in [0.5, 0.6) is 0 Å². The molecular formula is C12H15N3O5S. The third-order valence-electron chi connectivity index (χ3n) is 3.56. The van der Waals surface area contributed by atoms with Gasteiger partial charge in [0.2, 0.25) is 0 Å². The first-order valence-corrected chi connectivity index (χ1v) is 8.05. The fourth-order valence-electron chi connectivity index (χ4n) is 2.37. The first kappa shape index (κ1) is 15.2. The van der Waals surface area contributed by atoms with Gasteiger partial charge in [0.05, 0.1) is 16.4 Å². The Morgan fingerprint density at radius 3 is 2.67 bits per heavy atom. The van der Waals surface area contributed by atoms with Gasteiger partial charge in [-0.05, 0) is 18.6 Å². The smallest absolute Gasteiger partial charge is 0.304 e. The molecule has 114 valence electrons. The van der Waals surface area contributed by atoms with E-state index in [1.54, 1.807) is 0 Å². The number of sulfone groups is 1. The van der Waals surface area contributed by atoms with Crippen LogP contribution in [0.1, 0.15) is 16.8 Å². The number of benzene rings is 1. The van der Waals surface area contributed by atoms with E-state index < -0.39 is 32.4 Å². The molecule has 1 atom stereocenters. The van der Waals surface area contributed by atoms with Crippen molar-refractivity contribution in [2.24, 2.45) is 0 Å². The molecule has 0 spiro atoms. The number of carbonyl (C=O) groups excluding carboxylic acids is 1. The molecule has 1 amide bonds. The molecule has 1 saturated heterocycles. The maximum absolute atomic E-state index is 12.4. The predicted molar refractivity (Wildman–Crippen MR) is 76.7 cm³/mol. The summed E-state index contributed by atoms with van der Waals surface area (Å²) in [4.78, 5) is 24.0. The highest BCUT2D eigenvalue weighted by atomic mass is 32.2. The quantitative estimate of drug-likeness (QED) is 0.490. The molecule has 2 rings (SSSR count).